The van der Waals surface area contributed by atoms with Gasteiger partial charge in [-0.05, 0) is 68.3 Å². The molecule has 0 spiro atoms. The van der Waals surface area contributed by atoms with E-state index in [1.165, 1.54) is 12.4 Å². The summed E-state index contributed by atoms with van der Waals surface area (Å²) in [6, 6.07) is 12.0. The Morgan fingerprint density at radius 3 is 2.19 bits per heavy atom. The van der Waals surface area contributed by atoms with Crippen LogP contribution in [-0.4, -0.2) is 47.6 Å². The molecule has 1 aliphatic carbocycles. The molecule has 188 valence electrons. The lowest BCUT2D eigenvalue weighted by molar-refractivity contribution is -0.131. The van der Waals surface area contributed by atoms with Crippen LogP contribution in [0.2, 0.25) is 0 Å². The van der Waals surface area contributed by atoms with Crippen molar-refractivity contribution >= 4 is 23.4 Å². The molecule has 0 unspecified atom stereocenters. The van der Waals surface area contributed by atoms with Gasteiger partial charge in [-0.2, -0.15) is 0 Å². The van der Waals surface area contributed by atoms with Gasteiger partial charge in [0.05, 0.1) is 6.54 Å². The van der Waals surface area contributed by atoms with E-state index in [0.29, 0.717) is 23.8 Å². The maximum absolute atomic E-state index is 12.5. The number of carbonyl (C=O) groups is 3. The first-order valence-electron chi connectivity index (χ1n) is 11.0. The maximum atomic E-state index is 12.5. The van der Waals surface area contributed by atoms with Crippen molar-refractivity contribution in [2.75, 3.05) is 11.9 Å². The summed E-state index contributed by atoms with van der Waals surface area (Å²) in [4.78, 5) is 39.1. The molecule has 11 nitrogen and oxygen atoms in total. The van der Waals surface area contributed by atoms with Crippen LogP contribution in [0.15, 0.2) is 53.6 Å². The van der Waals surface area contributed by atoms with Crippen LogP contribution in [0.4, 0.5) is 5.69 Å². The molecule has 1 aliphatic rings. The Morgan fingerprint density at radius 2 is 1.67 bits per heavy atom. The molecule has 0 bridgehead atoms. The number of benzene rings is 2. The van der Waals surface area contributed by atoms with Crippen molar-refractivity contribution in [3.05, 3.63) is 65.2 Å². The zero-order chi connectivity index (χ0) is 25.2. The SMILES string of the molecule is C.C[C@@H](N=[N+]=N)[C@H](NC(=O)c1ccc(C#Cc2ccc(NC(=O)CNC3CC3)cc2)cc1)C(=O)NO. The van der Waals surface area contributed by atoms with E-state index in [1.54, 1.807) is 48.5 Å². The molecule has 3 rings (SSSR count). The Kier molecular flexibility index (Phi) is 10.5. The molecule has 36 heavy (non-hydrogen) atoms. The van der Waals surface area contributed by atoms with Crippen LogP contribution in [0.25, 0.3) is 0 Å². The summed E-state index contributed by atoms with van der Waals surface area (Å²) in [6.45, 7) is 1.77. The van der Waals surface area contributed by atoms with Crippen molar-refractivity contribution in [3.8, 4) is 11.8 Å². The van der Waals surface area contributed by atoms with E-state index in [9.17, 15) is 14.4 Å². The Hall–Kier alpha value is -4.36. The summed E-state index contributed by atoms with van der Waals surface area (Å²) in [5.41, 5.74) is 10.7. The lowest BCUT2D eigenvalue weighted by Crippen LogP contribution is -2.51. The summed E-state index contributed by atoms with van der Waals surface area (Å²) >= 11 is 0. The summed E-state index contributed by atoms with van der Waals surface area (Å²) in [5, 5.41) is 20.9. The molecule has 0 aliphatic heterocycles. The molecule has 2 aromatic rings. The number of rotatable bonds is 9. The van der Waals surface area contributed by atoms with Crippen LogP contribution in [0.3, 0.4) is 0 Å². The van der Waals surface area contributed by atoms with Gasteiger partial charge < -0.3 is 16.0 Å². The number of hydrogen-bond acceptors (Lipinski definition) is 7. The van der Waals surface area contributed by atoms with E-state index < -0.39 is 23.9 Å². The van der Waals surface area contributed by atoms with Gasteiger partial charge in [0.1, 0.15) is 16.7 Å². The lowest BCUT2D eigenvalue weighted by Gasteiger charge is -2.16. The van der Waals surface area contributed by atoms with Crippen molar-refractivity contribution < 1.29 is 19.6 Å². The summed E-state index contributed by atoms with van der Waals surface area (Å²) < 4.78 is 0. The molecule has 3 amide bonds. The van der Waals surface area contributed by atoms with Gasteiger partial charge in [-0.15, -0.1) is 0 Å². The fourth-order valence-corrected chi connectivity index (χ4v) is 3.07. The van der Waals surface area contributed by atoms with Gasteiger partial charge in [-0.3, -0.25) is 19.6 Å². The van der Waals surface area contributed by atoms with Crippen LogP contribution in [0.1, 0.15) is 48.7 Å². The quantitative estimate of drug-likeness (QED) is 0.103. The fourth-order valence-electron chi connectivity index (χ4n) is 3.07. The average molecular weight is 493 g/mol. The second-order valence-corrected chi connectivity index (χ2v) is 7.99. The largest absolute Gasteiger partial charge is 0.338 e. The van der Waals surface area contributed by atoms with Gasteiger partial charge in [0.2, 0.25) is 10.8 Å². The van der Waals surface area contributed by atoms with Gasteiger partial charge in [0.15, 0.2) is 6.04 Å². The third kappa shape index (κ3) is 8.45. The van der Waals surface area contributed by atoms with E-state index in [-0.39, 0.29) is 18.9 Å². The van der Waals surface area contributed by atoms with Crippen molar-refractivity contribution in [2.45, 2.75) is 45.3 Å². The lowest BCUT2D eigenvalue weighted by atomic mass is 10.1. The first-order chi connectivity index (χ1) is 16.9. The molecule has 0 heterocycles. The Balaban J connectivity index is 0.00000456. The van der Waals surface area contributed by atoms with Crippen LogP contribution in [0.5, 0.6) is 0 Å². The van der Waals surface area contributed by atoms with Crippen LogP contribution >= 0.6 is 0 Å². The summed E-state index contributed by atoms with van der Waals surface area (Å²) in [5.74, 6) is 4.51. The normalized spacial score (nSPS) is 13.4. The van der Waals surface area contributed by atoms with Gasteiger partial charge in [0, 0.05) is 28.4 Å². The minimum Gasteiger partial charge on any atom is -0.338 e. The predicted molar refractivity (Wildman–Crippen MR) is 133 cm³/mol. The highest BCUT2D eigenvalue weighted by Crippen LogP contribution is 2.18. The number of nitrogens with zero attached hydrogens (tertiary/aromatic N) is 2. The van der Waals surface area contributed by atoms with Crippen LogP contribution in [-0.2, 0) is 9.59 Å². The second-order valence-electron chi connectivity index (χ2n) is 7.99. The number of amides is 3. The van der Waals surface area contributed by atoms with Crippen molar-refractivity contribution in [1.29, 1.82) is 5.53 Å². The smallest absolute Gasteiger partial charge is 0.268 e. The van der Waals surface area contributed by atoms with E-state index in [2.05, 4.69) is 37.8 Å². The van der Waals surface area contributed by atoms with Crippen molar-refractivity contribution in [2.24, 2.45) is 5.11 Å². The molecule has 6 N–H and O–H groups in total. The molecule has 11 heteroatoms. The van der Waals surface area contributed by atoms with E-state index in [0.717, 1.165) is 18.4 Å². The Bertz CT molecular complexity index is 1180. The molecule has 0 saturated heterocycles. The topological polar surface area (TPSA) is 170 Å². The third-order valence-electron chi connectivity index (χ3n) is 5.20. The van der Waals surface area contributed by atoms with E-state index in [1.807, 2.05) is 0 Å². The van der Waals surface area contributed by atoms with E-state index in [4.69, 9.17) is 10.7 Å². The maximum Gasteiger partial charge on any atom is 0.268 e. The van der Waals surface area contributed by atoms with Gasteiger partial charge in [0.25, 0.3) is 11.8 Å². The molecule has 0 aromatic heterocycles. The fraction of sp³-hybridized carbons (Fsp3) is 0.320. The number of hydroxylamine groups is 1. The molecule has 1 saturated carbocycles. The van der Waals surface area contributed by atoms with Gasteiger partial charge in [-0.1, -0.05) is 19.3 Å². The first-order valence-corrected chi connectivity index (χ1v) is 11.0. The van der Waals surface area contributed by atoms with Crippen molar-refractivity contribution in [3.63, 3.8) is 0 Å². The zero-order valence-corrected chi connectivity index (χ0v) is 19.0. The summed E-state index contributed by atoms with van der Waals surface area (Å²) in [6.07, 6.45) is 2.25. The second kappa shape index (κ2) is 13.5. The number of carbonyl (C=O) groups excluding carboxylic acids is 3. The first kappa shape index (κ1) is 27.9. The molecule has 2 aromatic carbocycles. The zero-order valence-electron chi connectivity index (χ0n) is 19.0. The third-order valence-corrected chi connectivity index (χ3v) is 5.20. The molecule has 0 radical (unpaired) electrons. The molecule has 2 atom stereocenters. The predicted octanol–water partition coefficient (Wildman–Crippen LogP) is 1.96. The average Bonchev–Trinajstić information content (AvgIpc) is 3.70. The highest BCUT2D eigenvalue weighted by Gasteiger charge is 2.30. The van der Waals surface area contributed by atoms with Crippen molar-refractivity contribution in [1.82, 2.24) is 21.0 Å². The summed E-state index contributed by atoms with van der Waals surface area (Å²) in [7, 11) is 0. The number of anilines is 1. The Morgan fingerprint density at radius 1 is 1.08 bits per heavy atom. The standard InChI is InChI=1S/C24H25N7O4.CH4/c1-15(29-31-25)22(24(34)30-35)28-23(33)18-8-4-16(5-9-18)2-3-17-6-10-20(11-7-17)27-21(32)14-26-19-12-13-19;/h4-11,15,19,22,25-26H,12-14H2,1H3,(H3-,27,28,30,32,33,34,35);1H4/p+1/t15-,22+;/m1./s1. The van der Waals surface area contributed by atoms with Gasteiger partial charge >= 0.3 is 0 Å². The molecular formula is C25H30N7O4+. The van der Waals surface area contributed by atoms with Crippen LogP contribution in [0, 0.1) is 17.4 Å². The minimum atomic E-state index is -1.21. The van der Waals surface area contributed by atoms with E-state index >= 15 is 0 Å². The van der Waals surface area contributed by atoms with Gasteiger partial charge in [-0.25, -0.2) is 5.48 Å². The highest BCUT2D eigenvalue weighted by atomic mass is 16.5. The number of hydrogen-bond donors (Lipinski definition) is 6. The number of nitrogens with one attached hydrogen (secondary N) is 5. The monoisotopic (exact) mass is 492 g/mol. The molecule has 1 fully saturated rings. The molecular weight excluding hydrogens is 462 g/mol. The Labute approximate surface area is 209 Å². The van der Waals surface area contributed by atoms with Crippen LogP contribution < -0.4 is 26.3 Å². The minimum absolute atomic E-state index is 0. The highest BCUT2D eigenvalue weighted by molar-refractivity contribution is 5.97.